The van der Waals surface area contributed by atoms with Gasteiger partial charge in [0.2, 0.25) is 5.91 Å². The van der Waals surface area contributed by atoms with Crippen molar-refractivity contribution in [3.05, 3.63) is 99.3 Å². The van der Waals surface area contributed by atoms with Gasteiger partial charge in [-0.25, -0.2) is 4.68 Å². The van der Waals surface area contributed by atoms with Crippen molar-refractivity contribution in [3.63, 3.8) is 0 Å². The molecule has 1 heterocycles. The third-order valence-corrected chi connectivity index (χ3v) is 4.60. The molecule has 1 amide bonds. The molecule has 148 valence electrons. The van der Waals surface area contributed by atoms with Gasteiger partial charge in [0, 0.05) is 34.8 Å². The Morgan fingerprint density at radius 2 is 1.70 bits per heavy atom. The lowest BCUT2D eigenvalue weighted by Gasteiger charge is -2.10. The molecule has 0 unspecified atom stereocenters. The molecule has 3 aromatic carbocycles. The number of hydrogen-bond donors (Lipinski definition) is 1. The van der Waals surface area contributed by atoms with Crippen LogP contribution in [0.25, 0.3) is 22.0 Å². The fraction of sp³-hybridized carbons (Fsp3) is 0.0455. The van der Waals surface area contributed by atoms with E-state index in [0.29, 0.717) is 16.9 Å². The van der Waals surface area contributed by atoms with Crippen LogP contribution in [0.3, 0.4) is 0 Å². The third kappa shape index (κ3) is 3.93. The second kappa shape index (κ2) is 7.96. The van der Waals surface area contributed by atoms with Crippen molar-refractivity contribution in [2.45, 2.75) is 6.54 Å². The number of nitrogens with one attached hydrogen (secondary N) is 1. The maximum absolute atomic E-state index is 12.6. The van der Waals surface area contributed by atoms with Crippen LogP contribution in [-0.2, 0) is 11.3 Å². The van der Waals surface area contributed by atoms with Crippen molar-refractivity contribution in [3.8, 4) is 11.3 Å². The third-order valence-electron chi connectivity index (χ3n) is 4.60. The number of non-ortho nitro benzene ring substituents is 1. The van der Waals surface area contributed by atoms with Gasteiger partial charge < -0.3 is 5.32 Å². The Kier molecular flexibility index (Phi) is 5.04. The molecule has 8 nitrogen and oxygen atoms in total. The molecule has 1 N–H and O–H groups in total. The van der Waals surface area contributed by atoms with E-state index in [1.807, 2.05) is 36.4 Å². The molecule has 0 aliphatic rings. The molecule has 0 saturated heterocycles. The molecule has 0 spiro atoms. The molecule has 0 aliphatic carbocycles. The molecule has 0 radical (unpaired) electrons. The number of carbonyl (C=O) groups excluding carboxylic acids is 1. The van der Waals surface area contributed by atoms with Gasteiger partial charge in [0.25, 0.3) is 11.2 Å². The number of benzene rings is 3. The molecule has 0 atom stereocenters. The average Bonchev–Trinajstić information content (AvgIpc) is 2.75. The van der Waals surface area contributed by atoms with Crippen LogP contribution in [0, 0.1) is 10.1 Å². The van der Waals surface area contributed by atoms with E-state index < -0.39 is 10.5 Å². The lowest BCUT2D eigenvalue weighted by Crippen LogP contribution is -2.29. The van der Waals surface area contributed by atoms with Crippen molar-refractivity contribution >= 4 is 28.1 Å². The van der Waals surface area contributed by atoms with Crippen LogP contribution in [0.5, 0.6) is 0 Å². The summed E-state index contributed by atoms with van der Waals surface area (Å²) >= 11 is 0. The van der Waals surface area contributed by atoms with E-state index >= 15 is 0 Å². The Hall–Kier alpha value is -4.33. The molecule has 4 rings (SSSR count). The van der Waals surface area contributed by atoms with Crippen molar-refractivity contribution in [1.29, 1.82) is 0 Å². The Balaban J connectivity index is 1.57. The van der Waals surface area contributed by atoms with Gasteiger partial charge in [-0.1, -0.05) is 36.4 Å². The maximum Gasteiger partial charge on any atom is 0.269 e. The van der Waals surface area contributed by atoms with E-state index in [1.165, 1.54) is 24.3 Å². The Morgan fingerprint density at radius 3 is 2.47 bits per heavy atom. The predicted molar refractivity (Wildman–Crippen MR) is 113 cm³/mol. The summed E-state index contributed by atoms with van der Waals surface area (Å²) in [6.45, 7) is -0.261. The van der Waals surface area contributed by atoms with E-state index in [4.69, 9.17) is 0 Å². The first-order valence-electron chi connectivity index (χ1n) is 9.12. The quantitative estimate of drug-likeness (QED) is 0.407. The highest BCUT2D eigenvalue weighted by Crippen LogP contribution is 2.23. The summed E-state index contributed by atoms with van der Waals surface area (Å²) in [5.41, 5.74) is 1.22. The Morgan fingerprint density at radius 1 is 0.967 bits per heavy atom. The monoisotopic (exact) mass is 400 g/mol. The van der Waals surface area contributed by atoms with Crippen molar-refractivity contribution in [2.75, 3.05) is 5.32 Å². The first-order valence-corrected chi connectivity index (χ1v) is 9.12. The molecule has 1 aromatic heterocycles. The highest BCUT2D eigenvalue weighted by molar-refractivity contribution is 6.01. The van der Waals surface area contributed by atoms with Gasteiger partial charge in [-0.15, -0.1) is 0 Å². The lowest BCUT2D eigenvalue weighted by molar-refractivity contribution is -0.384. The van der Waals surface area contributed by atoms with Crippen molar-refractivity contribution in [2.24, 2.45) is 0 Å². The second-order valence-corrected chi connectivity index (χ2v) is 6.59. The number of rotatable bonds is 5. The molecule has 0 saturated carbocycles. The average molecular weight is 400 g/mol. The molecule has 8 heteroatoms. The van der Waals surface area contributed by atoms with Gasteiger partial charge in [0.1, 0.15) is 6.54 Å². The summed E-state index contributed by atoms with van der Waals surface area (Å²) in [5, 5.41) is 19.7. The molecular formula is C22H16N4O4. The minimum atomic E-state index is -0.490. The van der Waals surface area contributed by atoms with Crippen LogP contribution in [0.15, 0.2) is 83.7 Å². The largest absolute Gasteiger partial charge is 0.324 e. The van der Waals surface area contributed by atoms with Crippen molar-refractivity contribution in [1.82, 2.24) is 9.78 Å². The summed E-state index contributed by atoms with van der Waals surface area (Å²) in [6, 6.07) is 21.9. The van der Waals surface area contributed by atoms with E-state index in [1.54, 1.807) is 18.2 Å². The highest BCUT2D eigenvalue weighted by atomic mass is 16.6. The Bertz CT molecular complexity index is 1310. The van der Waals surface area contributed by atoms with Gasteiger partial charge in [-0.3, -0.25) is 19.7 Å². The predicted octanol–water partition coefficient (Wildman–Crippen LogP) is 3.61. The summed E-state index contributed by atoms with van der Waals surface area (Å²) < 4.78 is 1.07. The van der Waals surface area contributed by atoms with E-state index in [9.17, 15) is 19.7 Å². The Labute approximate surface area is 170 Å². The van der Waals surface area contributed by atoms with Crippen LogP contribution >= 0.6 is 0 Å². The highest BCUT2D eigenvalue weighted by Gasteiger charge is 2.11. The number of hydrogen-bond acceptors (Lipinski definition) is 5. The number of fused-ring (bicyclic) bond motifs is 1. The smallest absolute Gasteiger partial charge is 0.269 e. The van der Waals surface area contributed by atoms with Crippen LogP contribution in [0.4, 0.5) is 11.4 Å². The molecule has 0 fully saturated rings. The van der Waals surface area contributed by atoms with Gasteiger partial charge in [0.05, 0.1) is 10.6 Å². The number of nitro groups is 1. The van der Waals surface area contributed by atoms with Gasteiger partial charge in [-0.2, -0.15) is 5.10 Å². The van der Waals surface area contributed by atoms with Gasteiger partial charge in [-0.05, 0) is 29.7 Å². The van der Waals surface area contributed by atoms with Crippen LogP contribution in [-0.4, -0.2) is 20.6 Å². The summed E-state index contributed by atoms with van der Waals surface area (Å²) in [4.78, 5) is 35.0. The molecule has 0 aliphatic heterocycles. The second-order valence-electron chi connectivity index (χ2n) is 6.59. The van der Waals surface area contributed by atoms with Gasteiger partial charge in [0.15, 0.2) is 0 Å². The lowest BCUT2D eigenvalue weighted by atomic mass is 10.1. The molecule has 0 bridgehead atoms. The number of carbonyl (C=O) groups is 1. The fourth-order valence-electron chi connectivity index (χ4n) is 3.13. The normalized spacial score (nSPS) is 10.7. The van der Waals surface area contributed by atoms with E-state index in [2.05, 4.69) is 10.4 Å². The van der Waals surface area contributed by atoms with Crippen molar-refractivity contribution < 1.29 is 9.72 Å². The first kappa shape index (κ1) is 19.0. The summed E-state index contributed by atoms with van der Waals surface area (Å²) in [6.07, 6.45) is 0. The minimum Gasteiger partial charge on any atom is -0.324 e. The number of anilines is 1. The summed E-state index contributed by atoms with van der Waals surface area (Å²) in [5.74, 6) is -0.387. The van der Waals surface area contributed by atoms with E-state index in [-0.39, 0.29) is 18.1 Å². The van der Waals surface area contributed by atoms with Crippen LogP contribution < -0.4 is 10.9 Å². The number of nitro benzene ring substituents is 1. The molecule has 30 heavy (non-hydrogen) atoms. The zero-order valence-corrected chi connectivity index (χ0v) is 15.7. The molecule has 4 aromatic rings. The zero-order valence-electron chi connectivity index (χ0n) is 15.7. The number of amides is 1. The number of nitrogens with zero attached hydrogens (tertiary/aromatic N) is 3. The minimum absolute atomic E-state index is 0.0402. The fourth-order valence-corrected chi connectivity index (χ4v) is 3.13. The standard InChI is InChI=1S/C22H16N4O4/c27-21(23-20-7-3-5-15-4-1-2-6-18(15)20)14-25-22(28)13-12-19(24-25)16-8-10-17(11-9-16)26(29)30/h1-13H,14H2,(H,23,27). The number of aromatic nitrogens is 2. The first-order chi connectivity index (χ1) is 14.5. The maximum atomic E-state index is 12.6. The van der Waals surface area contributed by atoms with Crippen LogP contribution in [0.1, 0.15) is 0 Å². The zero-order chi connectivity index (χ0) is 21.1. The van der Waals surface area contributed by atoms with Gasteiger partial charge >= 0.3 is 0 Å². The van der Waals surface area contributed by atoms with Crippen LogP contribution in [0.2, 0.25) is 0 Å². The summed E-state index contributed by atoms with van der Waals surface area (Å²) in [7, 11) is 0. The molecular weight excluding hydrogens is 384 g/mol. The topological polar surface area (TPSA) is 107 Å². The SMILES string of the molecule is O=C(Cn1nc(-c2ccc([N+](=O)[O-])cc2)ccc1=O)Nc1cccc2ccccc12. The van der Waals surface area contributed by atoms with E-state index in [0.717, 1.165) is 15.5 Å².